The van der Waals surface area contributed by atoms with E-state index < -0.39 is 36.9 Å². The highest BCUT2D eigenvalue weighted by atomic mass is 16.8. The third-order valence-electron chi connectivity index (χ3n) is 4.07. The van der Waals surface area contributed by atoms with Gasteiger partial charge in [0.25, 0.3) is 0 Å². The molecule has 1 rings (SSSR count). The first-order valence-electron chi connectivity index (χ1n) is 6.70. The molecule has 8 heteroatoms. The maximum Gasteiger partial charge on any atom is 0.231 e. The molecule has 8 nitrogen and oxygen atoms in total. The van der Waals surface area contributed by atoms with Gasteiger partial charge >= 0.3 is 0 Å². The summed E-state index contributed by atoms with van der Waals surface area (Å²) in [6.45, 7) is 2.82. The van der Waals surface area contributed by atoms with Crippen molar-refractivity contribution in [2.24, 2.45) is 5.92 Å². The molecule has 5 atom stereocenters. The average molecular weight is 305 g/mol. The molecule has 0 saturated heterocycles. The van der Waals surface area contributed by atoms with Gasteiger partial charge in [0.2, 0.25) is 5.71 Å². The van der Waals surface area contributed by atoms with Crippen LogP contribution in [0.5, 0.6) is 0 Å². The van der Waals surface area contributed by atoms with Crippen LogP contribution in [0.2, 0.25) is 0 Å². The largest absolute Gasteiger partial charge is 0.418 e. The lowest BCUT2D eigenvalue weighted by molar-refractivity contribution is -0.728. The van der Waals surface area contributed by atoms with Crippen LogP contribution in [0.15, 0.2) is 11.1 Å². The zero-order chi connectivity index (χ0) is 16.3. The molecule has 1 aliphatic carbocycles. The lowest BCUT2D eigenvalue weighted by atomic mass is 9.78. The molecule has 0 aromatic heterocycles. The summed E-state index contributed by atoms with van der Waals surface area (Å²) < 4.78 is 0. The van der Waals surface area contributed by atoms with Gasteiger partial charge in [0.1, 0.15) is 18.3 Å². The van der Waals surface area contributed by atoms with Crippen LogP contribution in [-0.4, -0.2) is 72.4 Å². The van der Waals surface area contributed by atoms with E-state index in [1.54, 1.807) is 6.92 Å². The summed E-state index contributed by atoms with van der Waals surface area (Å²) in [5.74, 6) is -0.883. The third kappa shape index (κ3) is 3.92. The second-order valence-electron chi connectivity index (χ2n) is 5.53. The van der Waals surface area contributed by atoms with E-state index in [2.05, 4.69) is 0 Å². The fourth-order valence-corrected chi connectivity index (χ4v) is 2.48. The summed E-state index contributed by atoms with van der Waals surface area (Å²) in [6, 6.07) is 0. The van der Waals surface area contributed by atoms with E-state index in [0.29, 0.717) is 0 Å². The van der Waals surface area contributed by atoms with Crippen molar-refractivity contribution < 1.29 is 35.6 Å². The molecule has 21 heavy (non-hydrogen) atoms. The number of allylic oxidation sites excluding steroid dienone is 2. The van der Waals surface area contributed by atoms with E-state index in [4.69, 9.17) is 10.3 Å². The second-order valence-corrected chi connectivity index (χ2v) is 5.53. The van der Waals surface area contributed by atoms with Gasteiger partial charge in [-0.1, -0.05) is 11.1 Å². The fourth-order valence-electron chi connectivity index (χ4n) is 2.48. The number of rotatable bonds is 5. The van der Waals surface area contributed by atoms with Crippen molar-refractivity contribution in [1.82, 2.24) is 0 Å². The summed E-state index contributed by atoms with van der Waals surface area (Å²) in [4.78, 5) is -0.328. The number of nitrogens with zero attached hydrogens (tertiary/aromatic N) is 1. The first-order valence-corrected chi connectivity index (χ1v) is 6.70. The summed E-state index contributed by atoms with van der Waals surface area (Å²) in [5, 5.41) is 68.1. The van der Waals surface area contributed by atoms with Gasteiger partial charge in [-0.3, -0.25) is 5.21 Å². The van der Waals surface area contributed by atoms with Crippen LogP contribution in [-0.2, 0) is 0 Å². The van der Waals surface area contributed by atoms with Crippen molar-refractivity contribution in [3.05, 3.63) is 16.4 Å². The van der Waals surface area contributed by atoms with Crippen molar-refractivity contribution in [3.8, 4) is 0 Å². The van der Waals surface area contributed by atoms with E-state index in [1.165, 1.54) is 0 Å². The Morgan fingerprint density at radius 2 is 1.71 bits per heavy atom. The Balaban J connectivity index is 2.99. The molecule has 0 aromatic carbocycles. The standard InChI is InChI=1S/C13H23NO7/c1-6-3-8(9(14(20)21)4-7(6)2)11(17)13(19)12(18)10(16)5-15/h8,10-13,15-19H,3-5H2,1-2H3,(H,20,21)/t8-,10?,11?,12?,13?/m0/s1. The van der Waals surface area contributed by atoms with Gasteiger partial charge < -0.3 is 30.7 Å². The van der Waals surface area contributed by atoms with Crippen LogP contribution in [0.3, 0.4) is 0 Å². The Kier molecular flexibility index (Phi) is 6.11. The molecule has 4 unspecified atom stereocenters. The monoisotopic (exact) mass is 305 g/mol. The molecule has 0 heterocycles. The minimum absolute atomic E-state index is 0.0182. The van der Waals surface area contributed by atoms with Crippen molar-refractivity contribution in [3.63, 3.8) is 0 Å². The highest BCUT2D eigenvalue weighted by molar-refractivity contribution is 5.86. The van der Waals surface area contributed by atoms with Crippen LogP contribution in [0, 0.1) is 11.1 Å². The highest BCUT2D eigenvalue weighted by Crippen LogP contribution is 2.31. The maximum absolute atomic E-state index is 11.2. The minimum atomic E-state index is -1.77. The predicted molar refractivity (Wildman–Crippen MR) is 72.6 cm³/mol. The van der Waals surface area contributed by atoms with E-state index in [9.17, 15) is 25.6 Å². The molecule has 0 aromatic rings. The highest BCUT2D eigenvalue weighted by Gasteiger charge is 2.42. The Hall–Kier alpha value is -1.19. The second kappa shape index (κ2) is 7.19. The molecular weight excluding hydrogens is 282 g/mol. The molecule has 0 bridgehead atoms. The summed E-state index contributed by atoms with van der Waals surface area (Å²) in [7, 11) is 0. The Labute approximate surface area is 122 Å². The summed E-state index contributed by atoms with van der Waals surface area (Å²) in [5.41, 5.74) is 1.78. The molecule has 0 aliphatic heterocycles. The molecule has 0 radical (unpaired) electrons. The number of hydrogen-bond acceptors (Lipinski definition) is 7. The molecule has 6 N–H and O–H groups in total. The van der Waals surface area contributed by atoms with Gasteiger partial charge in [0, 0.05) is 4.90 Å². The van der Waals surface area contributed by atoms with Gasteiger partial charge in [0.15, 0.2) is 0 Å². The SMILES string of the molecule is CC1=C(C)C[C@H](C(O)C(O)C(O)C(O)CO)/C(=[N+](\[O-])O)C1. The van der Waals surface area contributed by atoms with Gasteiger partial charge in [-0.25, -0.2) is 0 Å². The topological polar surface area (TPSA) is 147 Å². The van der Waals surface area contributed by atoms with Crippen molar-refractivity contribution >= 4 is 5.71 Å². The minimum Gasteiger partial charge on any atom is -0.418 e. The first kappa shape index (κ1) is 17.9. The molecule has 1 aliphatic rings. The summed E-state index contributed by atoms with van der Waals surface area (Å²) >= 11 is 0. The first-order chi connectivity index (χ1) is 9.70. The quantitative estimate of drug-likeness (QED) is 0.157. The van der Waals surface area contributed by atoms with Gasteiger partial charge in [0.05, 0.1) is 25.0 Å². The van der Waals surface area contributed by atoms with Crippen LogP contribution in [0.4, 0.5) is 0 Å². The van der Waals surface area contributed by atoms with E-state index in [1.807, 2.05) is 6.92 Å². The Bertz CT molecular complexity index is 430. The molecule has 0 fully saturated rings. The van der Waals surface area contributed by atoms with Gasteiger partial charge in [-0.05, 0) is 20.3 Å². The zero-order valence-corrected chi connectivity index (χ0v) is 12.0. The van der Waals surface area contributed by atoms with Crippen LogP contribution < -0.4 is 0 Å². The van der Waals surface area contributed by atoms with Gasteiger partial charge in [-0.15, -0.1) is 0 Å². The van der Waals surface area contributed by atoms with E-state index in [-0.39, 0.29) is 23.5 Å². The molecule has 122 valence electrons. The normalized spacial score (nSPS) is 28.0. The van der Waals surface area contributed by atoms with Crippen molar-refractivity contribution in [1.29, 1.82) is 0 Å². The fraction of sp³-hybridized carbons (Fsp3) is 0.769. The molecular formula is C13H23NO7. The van der Waals surface area contributed by atoms with Crippen LogP contribution >= 0.6 is 0 Å². The lowest BCUT2D eigenvalue weighted by Gasteiger charge is -2.32. The number of hydrogen-bond donors (Lipinski definition) is 6. The van der Waals surface area contributed by atoms with Gasteiger partial charge in [-0.2, -0.15) is 0 Å². The predicted octanol–water partition coefficient (Wildman–Crippen LogP) is -1.49. The van der Waals surface area contributed by atoms with E-state index in [0.717, 1.165) is 11.1 Å². The van der Waals surface area contributed by atoms with Crippen molar-refractivity contribution in [2.45, 2.75) is 51.1 Å². The molecule has 0 amide bonds. The third-order valence-corrected chi connectivity index (χ3v) is 4.07. The maximum atomic E-state index is 11.2. The number of aliphatic hydroxyl groups is 5. The smallest absolute Gasteiger partial charge is 0.231 e. The molecule has 0 saturated carbocycles. The molecule has 0 spiro atoms. The Morgan fingerprint density at radius 1 is 1.14 bits per heavy atom. The van der Waals surface area contributed by atoms with E-state index >= 15 is 0 Å². The Morgan fingerprint density at radius 3 is 2.19 bits per heavy atom. The number of aliphatic hydroxyl groups excluding tert-OH is 5. The lowest BCUT2D eigenvalue weighted by Crippen LogP contribution is -2.51. The summed E-state index contributed by atoms with van der Waals surface area (Å²) in [6.07, 6.45) is -6.32. The average Bonchev–Trinajstić information content (AvgIpc) is 2.46. The van der Waals surface area contributed by atoms with Crippen LogP contribution in [0.25, 0.3) is 0 Å². The van der Waals surface area contributed by atoms with Crippen LogP contribution in [0.1, 0.15) is 26.7 Å². The zero-order valence-electron chi connectivity index (χ0n) is 12.0. The van der Waals surface area contributed by atoms with Crippen molar-refractivity contribution in [2.75, 3.05) is 6.61 Å².